The van der Waals surface area contributed by atoms with Crippen LogP contribution in [-0.2, 0) is 4.74 Å². The molecule has 1 atom stereocenters. The maximum Gasteiger partial charge on any atom is 0.141 e. The molecule has 1 aliphatic rings. The molecule has 1 aliphatic heterocycles. The molecule has 0 fully saturated rings. The third-order valence-corrected chi connectivity index (χ3v) is 2.80. The summed E-state index contributed by atoms with van der Waals surface area (Å²) >= 11 is 0. The van der Waals surface area contributed by atoms with E-state index in [1.165, 1.54) is 12.3 Å². The summed E-state index contributed by atoms with van der Waals surface area (Å²) in [6, 6.07) is 1.53. The van der Waals surface area contributed by atoms with Crippen molar-refractivity contribution < 1.29 is 9.13 Å². The van der Waals surface area contributed by atoms with E-state index in [0.717, 1.165) is 37.1 Å². The fourth-order valence-corrected chi connectivity index (χ4v) is 2.05. The van der Waals surface area contributed by atoms with Gasteiger partial charge in [0.2, 0.25) is 0 Å². The average Bonchev–Trinajstić information content (AvgIpc) is 2.37. The van der Waals surface area contributed by atoms with Gasteiger partial charge in [0.05, 0.1) is 25.1 Å². The second-order valence-electron chi connectivity index (χ2n) is 4.09. The summed E-state index contributed by atoms with van der Waals surface area (Å²) in [7, 11) is 0. The van der Waals surface area contributed by atoms with Gasteiger partial charge >= 0.3 is 0 Å². The van der Waals surface area contributed by atoms with Crippen molar-refractivity contribution in [3.63, 3.8) is 0 Å². The molecule has 92 valence electrons. The summed E-state index contributed by atoms with van der Waals surface area (Å²) in [5.41, 5.74) is 2.01. The Morgan fingerprint density at radius 2 is 2.41 bits per heavy atom. The van der Waals surface area contributed by atoms with Gasteiger partial charge in [-0.1, -0.05) is 6.92 Å². The Hall–Kier alpha value is -1.42. The molecule has 0 saturated heterocycles. The highest BCUT2D eigenvalue weighted by Gasteiger charge is 2.18. The van der Waals surface area contributed by atoms with Crippen molar-refractivity contribution in [2.75, 3.05) is 13.2 Å². The molecule has 0 radical (unpaired) electrons. The Bertz CT molecular complexity index is 406. The van der Waals surface area contributed by atoms with Crippen molar-refractivity contribution in [1.29, 1.82) is 0 Å². The topological polar surface area (TPSA) is 34.1 Å². The summed E-state index contributed by atoms with van der Waals surface area (Å²) in [5.74, 6) is -0.303. The molecule has 1 N–H and O–H groups in total. The predicted octanol–water partition coefficient (Wildman–Crippen LogP) is 2.57. The van der Waals surface area contributed by atoms with Gasteiger partial charge in [-0.3, -0.25) is 4.98 Å². The highest BCUT2D eigenvalue weighted by Crippen LogP contribution is 2.27. The monoisotopic (exact) mass is 236 g/mol. The molecule has 0 aliphatic carbocycles. The SMILES string of the molecule is CCNC(C1=COCCC1)c1cncc(F)c1. The number of pyridine rings is 1. The first-order valence-electron chi connectivity index (χ1n) is 5.95. The second kappa shape index (κ2) is 5.77. The number of hydrogen-bond donors (Lipinski definition) is 1. The maximum atomic E-state index is 13.2. The Morgan fingerprint density at radius 3 is 3.06 bits per heavy atom. The lowest BCUT2D eigenvalue weighted by Gasteiger charge is -2.24. The maximum absolute atomic E-state index is 13.2. The van der Waals surface area contributed by atoms with E-state index < -0.39 is 0 Å². The van der Waals surface area contributed by atoms with Gasteiger partial charge < -0.3 is 10.1 Å². The lowest BCUT2D eigenvalue weighted by atomic mass is 9.96. The van der Waals surface area contributed by atoms with Crippen LogP contribution in [0.25, 0.3) is 0 Å². The number of rotatable bonds is 4. The largest absolute Gasteiger partial charge is 0.501 e. The summed E-state index contributed by atoms with van der Waals surface area (Å²) in [6.07, 6.45) is 6.70. The summed E-state index contributed by atoms with van der Waals surface area (Å²) < 4.78 is 18.5. The first-order valence-corrected chi connectivity index (χ1v) is 5.95. The first-order chi connectivity index (χ1) is 8.31. The van der Waals surface area contributed by atoms with Crippen LogP contribution < -0.4 is 5.32 Å². The van der Waals surface area contributed by atoms with Crippen LogP contribution in [0.2, 0.25) is 0 Å². The van der Waals surface area contributed by atoms with Crippen LogP contribution in [0.15, 0.2) is 30.3 Å². The number of halogens is 1. The molecule has 0 aromatic carbocycles. The molecule has 2 heterocycles. The molecule has 1 unspecified atom stereocenters. The van der Waals surface area contributed by atoms with E-state index in [9.17, 15) is 4.39 Å². The molecule has 2 rings (SSSR count). The molecular formula is C13H17FN2O. The third-order valence-electron chi connectivity index (χ3n) is 2.80. The third kappa shape index (κ3) is 3.03. The predicted molar refractivity (Wildman–Crippen MR) is 63.9 cm³/mol. The van der Waals surface area contributed by atoms with E-state index in [-0.39, 0.29) is 11.9 Å². The van der Waals surface area contributed by atoms with E-state index in [0.29, 0.717) is 0 Å². The normalized spacial score (nSPS) is 17.2. The standard InChI is InChI=1S/C13H17FN2O/c1-2-16-13(10-4-3-5-17-9-10)11-6-12(14)8-15-7-11/h6-9,13,16H,2-5H2,1H3. The van der Waals surface area contributed by atoms with Gasteiger partial charge in [0.25, 0.3) is 0 Å². The molecule has 0 bridgehead atoms. The zero-order chi connectivity index (χ0) is 12.1. The van der Waals surface area contributed by atoms with Crippen LogP contribution in [0.3, 0.4) is 0 Å². The van der Waals surface area contributed by atoms with Gasteiger partial charge in [-0.15, -0.1) is 0 Å². The number of ether oxygens (including phenoxy) is 1. The molecule has 0 spiro atoms. The fourth-order valence-electron chi connectivity index (χ4n) is 2.05. The smallest absolute Gasteiger partial charge is 0.141 e. The van der Waals surface area contributed by atoms with E-state index in [1.807, 2.05) is 6.92 Å². The zero-order valence-electron chi connectivity index (χ0n) is 9.95. The van der Waals surface area contributed by atoms with E-state index in [1.54, 1.807) is 12.5 Å². The number of nitrogens with zero attached hydrogens (tertiary/aromatic N) is 1. The van der Waals surface area contributed by atoms with Crippen molar-refractivity contribution in [2.45, 2.75) is 25.8 Å². The summed E-state index contributed by atoms with van der Waals surface area (Å²) in [5, 5.41) is 3.34. The lowest BCUT2D eigenvalue weighted by molar-refractivity contribution is 0.219. The molecule has 17 heavy (non-hydrogen) atoms. The van der Waals surface area contributed by atoms with Crippen LogP contribution in [0.4, 0.5) is 4.39 Å². The first kappa shape index (κ1) is 12.0. The number of likely N-dealkylation sites (N-methyl/N-ethyl adjacent to an activating group) is 1. The molecular weight excluding hydrogens is 219 g/mol. The van der Waals surface area contributed by atoms with Gasteiger partial charge in [0.1, 0.15) is 5.82 Å². The van der Waals surface area contributed by atoms with Crippen molar-refractivity contribution >= 4 is 0 Å². The average molecular weight is 236 g/mol. The van der Waals surface area contributed by atoms with Crippen LogP contribution in [0.5, 0.6) is 0 Å². The number of nitrogens with one attached hydrogen (secondary N) is 1. The second-order valence-corrected chi connectivity index (χ2v) is 4.09. The Morgan fingerprint density at radius 1 is 1.53 bits per heavy atom. The van der Waals surface area contributed by atoms with Crippen molar-refractivity contribution in [1.82, 2.24) is 10.3 Å². The van der Waals surface area contributed by atoms with Crippen LogP contribution in [0.1, 0.15) is 31.4 Å². The molecule has 4 heteroatoms. The van der Waals surface area contributed by atoms with E-state index >= 15 is 0 Å². The lowest BCUT2D eigenvalue weighted by Crippen LogP contribution is -2.24. The van der Waals surface area contributed by atoms with Gasteiger partial charge in [-0.2, -0.15) is 0 Å². The van der Waals surface area contributed by atoms with Crippen molar-refractivity contribution in [3.8, 4) is 0 Å². The van der Waals surface area contributed by atoms with Gasteiger partial charge in [-0.05, 0) is 36.6 Å². The van der Waals surface area contributed by atoms with E-state index in [2.05, 4.69) is 10.3 Å². The molecule has 0 amide bonds. The molecule has 1 aromatic heterocycles. The van der Waals surface area contributed by atoms with Gasteiger partial charge in [0, 0.05) is 6.20 Å². The number of hydrogen-bond acceptors (Lipinski definition) is 3. The van der Waals surface area contributed by atoms with Gasteiger partial charge in [-0.25, -0.2) is 4.39 Å². The number of aromatic nitrogens is 1. The minimum absolute atomic E-state index is 0.00324. The highest BCUT2D eigenvalue weighted by molar-refractivity contribution is 5.26. The van der Waals surface area contributed by atoms with Gasteiger partial charge in [0.15, 0.2) is 0 Å². The van der Waals surface area contributed by atoms with Crippen LogP contribution >= 0.6 is 0 Å². The Balaban J connectivity index is 2.24. The van der Waals surface area contributed by atoms with Crippen molar-refractivity contribution in [2.24, 2.45) is 0 Å². The summed E-state index contributed by atoms with van der Waals surface area (Å²) in [6.45, 7) is 3.62. The quantitative estimate of drug-likeness (QED) is 0.872. The minimum Gasteiger partial charge on any atom is -0.501 e. The molecule has 0 saturated carbocycles. The minimum atomic E-state index is -0.303. The van der Waals surface area contributed by atoms with E-state index in [4.69, 9.17) is 4.74 Å². The highest BCUT2D eigenvalue weighted by atomic mass is 19.1. The van der Waals surface area contributed by atoms with Crippen LogP contribution in [-0.4, -0.2) is 18.1 Å². The Kier molecular flexibility index (Phi) is 4.09. The summed E-state index contributed by atoms with van der Waals surface area (Å²) in [4.78, 5) is 3.90. The van der Waals surface area contributed by atoms with Crippen LogP contribution in [0, 0.1) is 5.82 Å². The molecule has 3 nitrogen and oxygen atoms in total. The molecule has 1 aromatic rings. The fraction of sp³-hybridized carbons (Fsp3) is 0.462. The van der Waals surface area contributed by atoms with Crippen molar-refractivity contribution in [3.05, 3.63) is 41.7 Å². The Labute approximate surface area is 101 Å². The zero-order valence-corrected chi connectivity index (χ0v) is 9.95.